The molecule has 2 aliphatic heterocycles. The number of rotatable bonds is 6. The van der Waals surface area contributed by atoms with Crippen LogP contribution in [0.3, 0.4) is 0 Å². The number of hydrogen-bond donors (Lipinski definition) is 0. The number of ether oxygens (including phenoxy) is 1. The van der Waals surface area contributed by atoms with E-state index in [1.54, 1.807) is 0 Å². The van der Waals surface area contributed by atoms with Crippen LogP contribution in [0.2, 0.25) is 0 Å². The van der Waals surface area contributed by atoms with Crippen molar-refractivity contribution in [2.75, 3.05) is 19.3 Å². The minimum Gasteiger partial charge on any atom is -0.322 e. The van der Waals surface area contributed by atoms with Gasteiger partial charge in [0, 0.05) is 37.6 Å². The number of sulfonamides is 1. The molecule has 2 atom stereocenters. The lowest BCUT2D eigenvalue weighted by atomic mass is 9.87. The average molecular weight is 422 g/mol. The van der Waals surface area contributed by atoms with Gasteiger partial charge in [-0.05, 0) is 37.5 Å². The first-order chi connectivity index (χ1) is 13.9. The molecule has 1 saturated heterocycles. The van der Waals surface area contributed by atoms with Gasteiger partial charge in [-0.25, -0.2) is 17.1 Å². The molecule has 1 aromatic rings. The third kappa shape index (κ3) is 4.48. The molecule has 5 nitrogen and oxygen atoms in total. The molecule has 158 valence electrons. The normalized spacial score (nSPS) is 29.1. The first-order valence-corrected chi connectivity index (χ1v) is 12.3. The van der Waals surface area contributed by atoms with Gasteiger partial charge in [0.1, 0.15) is 12.4 Å². The molecule has 2 fully saturated rings. The minimum absolute atomic E-state index is 0.0416. The number of nitrogens with zero attached hydrogens (tertiary/aromatic N) is 2. The van der Waals surface area contributed by atoms with Crippen molar-refractivity contribution in [1.82, 2.24) is 4.31 Å². The Bertz CT molecular complexity index is 872. The molecule has 0 spiro atoms. The maximum Gasteiger partial charge on any atom is 0.218 e. The lowest BCUT2D eigenvalue weighted by Gasteiger charge is -2.51. The zero-order chi connectivity index (χ0) is 20.5. The lowest BCUT2D eigenvalue weighted by Crippen LogP contribution is -2.61. The van der Waals surface area contributed by atoms with E-state index in [9.17, 15) is 12.8 Å². The van der Waals surface area contributed by atoms with Crippen molar-refractivity contribution in [3.63, 3.8) is 0 Å². The molecule has 2 unspecified atom stereocenters. The monoisotopic (exact) mass is 421 g/mol. The van der Waals surface area contributed by atoms with Crippen LogP contribution in [-0.4, -0.2) is 54.9 Å². The van der Waals surface area contributed by atoms with Crippen molar-refractivity contribution in [2.24, 2.45) is 0 Å². The fraction of sp³-hybridized carbons (Fsp3) is 0.545. The van der Waals surface area contributed by atoms with Crippen molar-refractivity contribution < 1.29 is 22.0 Å². The van der Waals surface area contributed by atoms with E-state index in [0.29, 0.717) is 36.5 Å². The van der Waals surface area contributed by atoms with E-state index >= 15 is 0 Å². The lowest BCUT2D eigenvalue weighted by molar-refractivity contribution is -0.961. The summed E-state index contributed by atoms with van der Waals surface area (Å²) in [6.07, 6.45) is 14.7. The summed E-state index contributed by atoms with van der Waals surface area (Å²) >= 11 is 0. The summed E-state index contributed by atoms with van der Waals surface area (Å²) in [5, 5.41) is 0. The molecule has 29 heavy (non-hydrogen) atoms. The fourth-order valence-corrected chi connectivity index (χ4v) is 5.52. The largest absolute Gasteiger partial charge is 0.322 e. The number of halogens is 1. The standard InChI is InChI=1S/C22H30FN2O3S/c1-29(26,27)24-14-12-21(13-15-24)28-22-7-2-3-16-25(22,20-5-4-6-20)17-18-8-10-19(23)11-9-18/h2-3,7-11,16,20-22H,4-6,12-15,17H2,1H3/q+1. The summed E-state index contributed by atoms with van der Waals surface area (Å²) in [6.45, 7) is 1.78. The van der Waals surface area contributed by atoms with Crippen LogP contribution < -0.4 is 0 Å². The first-order valence-electron chi connectivity index (χ1n) is 10.4. The second-order valence-corrected chi connectivity index (χ2v) is 10.5. The van der Waals surface area contributed by atoms with Crippen LogP contribution in [0.4, 0.5) is 4.39 Å². The van der Waals surface area contributed by atoms with E-state index in [4.69, 9.17) is 4.74 Å². The quantitative estimate of drug-likeness (QED) is 0.660. The van der Waals surface area contributed by atoms with E-state index in [0.717, 1.165) is 24.9 Å². The molecular weight excluding hydrogens is 391 g/mol. The van der Waals surface area contributed by atoms with Crippen molar-refractivity contribution >= 4 is 10.0 Å². The highest BCUT2D eigenvalue weighted by Crippen LogP contribution is 2.39. The number of hydrogen-bond acceptors (Lipinski definition) is 3. The molecule has 1 aliphatic carbocycles. The highest BCUT2D eigenvalue weighted by Gasteiger charge is 2.47. The van der Waals surface area contributed by atoms with Crippen molar-refractivity contribution in [3.05, 3.63) is 60.1 Å². The summed E-state index contributed by atoms with van der Waals surface area (Å²) < 4.78 is 45.8. The zero-order valence-electron chi connectivity index (χ0n) is 16.9. The molecule has 0 radical (unpaired) electrons. The summed E-state index contributed by atoms with van der Waals surface area (Å²) in [5.74, 6) is -0.219. The molecule has 2 heterocycles. The molecule has 0 amide bonds. The number of benzene rings is 1. The summed E-state index contributed by atoms with van der Waals surface area (Å²) in [7, 11) is -3.14. The molecular formula is C22H30FN2O3S+. The van der Waals surface area contributed by atoms with Gasteiger partial charge >= 0.3 is 0 Å². The van der Waals surface area contributed by atoms with Crippen molar-refractivity contribution in [2.45, 2.75) is 57.0 Å². The second kappa shape index (κ2) is 8.30. The summed E-state index contributed by atoms with van der Waals surface area (Å²) in [6, 6.07) is 7.26. The Labute approximate surface area is 173 Å². The molecule has 7 heteroatoms. The minimum atomic E-state index is -3.14. The highest BCUT2D eigenvalue weighted by atomic mass is 32.2. The number of piperidine rings is 1. The Morgan fingerprint density at radius 2 is 1.79 bits per heavy atom. The van der Waals surface area contributed by atoms with E-state index in [1.807, 2.05) is 18.2 Å². The average Bonchev–Trinajstić information content (AvgIpc) is 2.64. The SMILES string of the molecule is CS(=O)(=O)N1CCC(OC2C=CC=C[N+]2(Cc2ccc(F)cc2)C2CCC2)CC1. The molecule has 3 aliphatic rings. The van der Waals surface area contributed by atoms with Gasteiger partial charge in [-0.3, -0.25) is 4.48 Å². The van der Waals surface area contributed by atoms with E-state index in [-0.39, 0.29) is 18.1 Å². The third-order valence-electron chi connectivity index (χ3n) is 6.55. The van der Waals surface area contributed by atoms with E-state index in [1.165, 1.54) is 29.1 Å². The zero-order valence-corrected chi connectivity index (χ0v) is 17.7. The van der Waals surface area contributed by atoms with E-state index in [2.05, 4.69) is 18.4 Å². The fourth-order valence-electron chi connectivity index (χ4n) is 4.64. The Balaban J connectivity index is 1.52. The van der Waals surface area contributed by atoms with Gasteiger partial charge in [-0.1, -0.05) is 18.2 Å². The smallest absolute Gasteiger partial charge is 0.218 e. The van der Waals surface area contributed by atoms with Crippen LogP contribution in [0, 0.1) is 5.82 Å². The van der Waals surface area contributed by atoms with Gasteiger partial charge < -0.3 is 4.74 Å². The van der Waals surface area contributed by atoms with Gasteiger partial charge in [-0.2, -0.15) is 0 Å². The topological polar surface area (TPSA) is 46.6 Å². The maximum absolute atomic E-state index is 13.4. The van der Waals surface area contributed by atoms with Crippen LogP contribution in [-0.2, 0) is 21.3 Å². The third-order valence-corrected chi connectivity index (χ3v) is 7.85. The summed E-state index contributed by atoms with van der Waals surface area (Å²) in [5.41, 5.74) is 1.10. The maximum atomic E-state index is 13.4. The Morgan fingerprint density at radius 3 is 2.38 bits per heavy atom. The molecule has 0 aromatic heterocycles. The highest BCUT2D eigenvalue weighted by molar-refractivity contribution is 7.88. The number of quaternary nitrogens is 1. The second-order valence-electron chi connectivity index (χ2n) is 8.48. The van der Waals surface area contributed by atoms with Gasteiger partial charge in [0.25, 0.3) is 0 Å². The van der Waals surface area contributed by atoms with Gasteiger partial charge in [-0.15, -0.1) is 0 Å². The first kappa shape index (κ1) is 20.7. The van der Waals surface area contributed by atoms with Crippen LogP contribution in [0.5, 0.6) is 0 Å². The molecule has 0 N–H and O–H groups in total. The van der Waals surface area contributed by atoms with E-state index < -0.39 is 10.0 Å². The predicted octanol–water partition coefficient (Wildman–Crippen LogP) is 3.55. The van der Waals surface area contributed by atoms with Crippen molar-refractivity contribution in [1.29, 1.82) is 0 Å². The number of allylic oxidation sites excluding steroid dienone is 2. The van der Waals surface area contributed by atoms with Crippen LogP contribution in [0.1, 0.15) is 37.7 Å². The van der Waals surface area contributed by atoms with Gasteiger partial charge in [0.05, 0.1) is 24.6 Å². The van der Waals surface area contributed by atoms with Crippen LogP contribution in [0.25, 0.3) is 0 Å². The van der Waals surface area contributed by atoms with Crippen LogP contribution >= 0.6 is 0 Å². The van der Waals surface area contributed by atoms with Gasteiger partial charge in [0.2, 0.25) is 16.3 Å². The Morgan fingerprint density at radius 1 is 1.10 bits per heavy atom. The van der Waals surface area contributed by atoms with Crippen LogP contribution in [0.15, 0.2) is 48.7 Å². The predicted molar refractivity (Wildman–Crippen MR) is 111 cm³/mol. The van der Waals surface area contributed by atoms with Gasteiger partial charge in [0.15, 0.2) is 0 Å². The molecule has 1 saturated carbocycles. The summed E-state index contributed by atoms with van der Waals surface area (Å²) in [4.78, 5) is 0. The molecule has 0 bridgehead atoms. The molecule has 4 rings (SSSR count). The van der Waals surface area contributed by atoms with Crippen molar-refractivity contribution in [3.8, 4) is 0 Å². The Hall–Kier alpha value is -1.54. The Kier molecular flexibility index (Phi) is 5.93. The molecule has 1 aromatic carbocycles.